The average molecular weight is 615 g/mol. The Hall–Kier alpha value is -5.70. The molecule has 12 heteroatoms. The predicted octanol–water partition coefficient (Wildman–Crippen LogP) is 5.30. The van der Waals surface area contributed by atoms with Gasteiger partial charge in [0.25, 0.3) is 0 Å². The Bertz CT molecular complexity index is 1810. The zero-order valence-corrected chi connectivity index (χ0v) is 25.7. The second kappa shape index (κ2) is 13.9. The summed E-state index contributed by atoms with van der Waals surface area (Å²) >= 11 is 0. The van der Waals surface area contributed by atoms with Gasteiger partial charge in [0.15, 0.2) is 0 Å². The van der Waals surface area contributed by atoms with E-state index in [1.807, 2.05) is 54.3 Å². The number of amides is 1. The maximum atomic E-state index is 13.8. The molecule has 0 saturated heterocycles. The van der Waals surface area contributed by atoms with Gasteiger partial charge in [-0.25, -0.2) is 24.9 Å². The number of aromatic amines is 1. The number of rotatable bonds is 10. The number of ether oxygens (including phenoxy) is 1. The van der Waals surface area contributed by atoms with Crippen LogP contribution in [0.15, 0.2) is 73.4 Å². The number of hydrogen-bond donors (Lipinski definition) is 2. The third-order valence-corrected chi connectivity index (χ3v) is 8.27. The van der Waals surface area contributed by atoms with Crippen LogP contribution in [0.3, 0.4) is 0 Å². The lowest BCUT2D eigenvalue weighted by Crippen LogP contribution is -2.45. The number of anilines is 2. The predicted molar refractivity (Wildman–Crippen MR) is 173 cm³/mol. The minimum Gasteiger partial charge on any atom is -0.467 e. The van der Waals surface area contributed by atoms with Crippen molar-refractivity contribution in [3.8, 4) is 34.5 Å². The Morgan fingerprint density at radius 2 is 1.74 bits per heavy atom. The number of H-pyrrole nitrogens is 1. The Morgan fingerprint density at radius 1 is 0.978 bits per heavy atom. The molecule has 1 aliphatic rings. The smallest absolute Gasteiger partial charge is 0.316 e. The van der Waals surface area contributed by atoms with Crippen LogP contribution in [-0.4, -0.2) is 60.2 Å². The third kappa shape index (κ3) is 6.83. The second-order valence-electron chi connectivity index (χ2n) is 11.2. The number of benzene rings is 1. The average Bonchev–Trinajstić information content (AvgIpc) is 3.54. The Balaban J connectivity index is 1.17. The number of nitrogens with one attached hydrogen (secondary N) is 2. The quantitative estimate of drug-likeness (QED) is 0.211. The summed E-state index contributed by atoms with van der Waals surface area (Å²) in [5, 5.41) is 20.0. The van der Waals surface area contributed by atoms with E-state index in [-0.39, 0.29) is 18.0 Å². The molecule has 4 aromatic heterocycles. The molecule has 1 aliphatic carbocycles. The van der Waals surface area contributed by atoms with E-state index in [1.165, 1.54) is 7.11 Å². The first-order valence-corrected chi connectivity index (χ1v) is 15.2. The Labute approximate surface area is 267 Å². The van der Waals surface area contributed by atoms with Gasteiger partial charge in [-0.1, -0.05) is 30.3 Å². The topological polar surface area (TPSA) is 158 Å². The van der Waals surface area contributed by atoms with E-state index < -0.39 is 0 Å². The third-order valence-electron chi connectivity index (χ3n) is 8.27. The SMILES string of the molecule is COc1ncc(-c2ccc(N(C(=O)CCc3ccccc3)[C@H]3CC[C@H](Nc4ncc(C#N)c(-c5cn[nH]c5C)n4)CC3)nc2)cn1. The van der Waals surface area contributed by atoms with Crippen LogP contribution in [-0.2, 0) is 11.2 Å². The van der Waals surface area contributed by atoms with Crippen LogP contribution in [0.1, 0.15) is 48.9 Å². The number of carbonyl (C=O) groups excluding carboxylic acids is 1. The molecule has 0 atom stereocenters. The van der Waals surface area contributed by atoms with Crippen molar-refractivity contribution in [2.24, 2.45) is 0 Å². The van der Waals surface area contributed by atoms with Gasteiger partial charge < -0.3 is 10.1 Å². The van der Waals surface area contributed by atoms with Crippen molar-refractivity contribution >= 4 is 17.7 Å². The number of methoxy groups -OCH3 is 1. The van der Waals surface area contributed by atoms with Crippen molar-refractivity contribution in [2.75, 3.05) is 17.3 Å². The number of carbonyl (C=O) groups is 1. The number of aromatic nitrogens is 7. The van der Waals surface area contributed by atoms with Gasteiger partial charge in [-0.3, -0.25) is 14.8 Å². The van der Waals surface area contributed by atoms with Gasteiger partial charge in [0, 0.05) is 59.5 Å². The molecule has 1 aromatic carbocycles. The van der Waals surface area contributed by atoms with Crippen molar-refractivity contribution in [2.45, 2.75) is 57.5 Å². The molecule has 0 radical (unpaired) electrons. The molecule has 0 spiro atoms. The number of hydrogen-bond acceptors (Lipinski definition) is 10. The van der Waals surface area contributed by atoms with Crippen LogP contribution in [0.4, 0.5) is 11.8 Å². The minimum absolute atomic E-state index is 0.00461. The molecule has 1 saturated carbocycles. The lowest BCUT2D eigenvalue weighted by Gasteiger charge is -2.36. The zero-order valence-electron chi connectivity index (χ0n) is 25.7. The molecule has 0 unspecified atom stereocenters. The summed E-state index contributed by atoms with van der Waals surface area (Å²) in [7, 11) is 1.53. The van der Waals surface area contributed by atoms with Crippen molar-refractivity contribution in [1.82, 2.24) is 35.1 Å². The second-order valence-corrected chi connectivity index (χ2v) is 11.2. The molecule has 232 valence electrons. The van der Waals surface area contributed by atoms with E-state index in [0.717, 1.165) is 53.6 Å². The van der Waals surface area contributed by atoms with E-state index in [2.05, 4.69) is 41.5 Å². The number of aryl methyl sites for hydroxylation is 2. The summed E-state index contributed by atoms with van der Waals surface area (Å²) in [6.45, 7) is 1.89. The summed E-state index contributed by atoms with van der Waals surface area (Å²) in [4.78, 5) is 37.9. The highest BCUT2D eigenvalue weighted by atomic mass is 16.5. The van der Waals surface area contributed by atoms with Gasteiger partial charge in [-0.2, -0.15) is 10.4 Å². The van der Waals surface area contributed by atoms with Crippen molar-refractivity contribution in [1.29, 1.82) is 5.26 Å². The van der Waals surface area contributed by atoms with Gasteiger partial charge in [0.1, 0.15) is 11.9 Å². The molecule has 4 heterocycles. The highest BCUT2D eigenvalue weighted by molar-refractivity contribution is 5.93. The van der Waals surface area contributed by atoms with E-state index in [4.69, 9.17) is 9.72 Å². The van der Waals surface area contributed by atoms with Crippen molar-refractivity contribution in [3.05, 3.63) is 90.3 Å². The molecular formula is C34H34N10O2. The zero-order chi connectivity index (χ0) is 31.9. The van der Waals surface area contributed by atoms with Gasteiger partial charge in [-0.05, 0) is 56.7 Å². The largest absolute Gasteiger partial charge is 0.467 e. The molecule has 0 bridgehead atoms. The highest BCUT2D eigenvalue weighted by Gasteiger charge is 2.31. The van der Waals surface area contributed by atoms with E-state index >= 15 is 0 Å². The Kier molecular flexibility index (Phi) is 9.19. The summed E-state index contributed by atoms with van der Waals surface area (Å²) in [5.41, 5.74) is 5.32. The first-order valence-electron chi connectivity index (χ1n) is 15.2. The molecule has 12 nitrogen and oxygen atoms in total. The maximum absolute atomic E-state index is 13.8. The summed E-state index contributed by atoms with van der Waals surface area (Å²) in [6.07, 6.45) is 12.6. The van der Waals surface area contributed by atoms with Crippen LogP contribution >= 0.6 is 0 Å². The molecule has 1 fully saturated rings. The molecule has 46 heavy (non-hydrogen) atoms. The van der Waals surface area contributed by atoms with Crippen LogP contribution in [0.25, 0.3) is 22.4 Å². The van der Waals surface area contributed by atoms with Crippen LogP contribution in [0.2, 0.25) is 0 Å². The molecule has 0 aliphatic heterocycles. The summed E-state index contributed by atoms with van der Waals surface area (Å²) < 4.78 is 5.07. The normalized spacial score (nSPS) is 15.9. The molecule has 5 aromatic rings. The maximum Gasteiger partial charge on any atom is 0.316 e. The van der Waals surface area contributed by atoms with Crippen LogP contribution < -0.4 is 15.0 Å². The summed E-state index contributed by atoms with van der Waals surface area (Å²) in [5.74, 6) is 1.14. The standard InChI is InChI=1S/C34H34N10O2/c1-22-29(21-40-43-22)32-25(16-35)18-37-33(42-32)41-27-10-12-28(13-11-27)44(31(45)15-8-23-6-4-3-5-7-23)30-14-9-24(17-36-30)26-19-38-34(46-2)39-20-26/h3-7,9,14,17-21,27-28H,8,10-13,15H2,1-2H3,(H,40,43)(H,37,41,42)/t27-,28-. The van der Waals surface area contributed by atoms with Gasteiger partial charge in [0.05, 0.1) is 30.8 Å². The highest BCUT2D eigenvalue weighted by Crippen LogP contribution is 2.31. The lowest BCUT2D eigenvalue weighted by molar-refractivity contribution is -0.119. The molecule has 1 amide bonds. The van der Waals surface area contributed by atoms with Gasteiger partial charge in [-0.15, -0.1) is 0 Å². The first-order chi connectivity index (χ1) is 22.5. The van der Waals surface area contributed by atoms with Crippen LogP contribution in [0, 0.1) is 18.3 Å². The minimum atomic E-state index is -0.00461. The summed E-state index contributed by atoms with van der Waals surface area (Å²) in [6, 6.07) is 16.5. The van der Waals surface area contributed by atoms with E-state index in [0.29, 0.717) is 41.9 Å². The first kappa shape index (κ1) is 30.3. The monoisotopic (exact) mass is 614 g/mol. The van der Waals surface area contributed by atoms with Crippen molar-refractivity contribution < 1.29 is 9.53 Å². The molecule has 2 N–H and O–H groups in total. The van der Waals surface area contributed by atoms with E-state index in [1.54, 1.807) is 31.0 Å². The fraction of sp³-hybridized carbons (Fsp3) is 0.294. The van der Waals surface area contributed by atoms with E-state index in [9.17, 15) is 10.1 Å². The van der Waals surface area contributed by atoms with Gasteiger partial charge in [0.2, 0.25) is 11.9 Å². The fourth-order valence-corrected chi connectivity index (χ4v) is 5.79. The lowest BCUT2D eigenvalue weighted by atomic mass is 9.89. The van der Waals surface area contributed by atoms with Crippen molar-refractivity contribution in [3.63, 3.8) is 0 Å². The Morgan fingerprint density at radius 3 is 2.39 bits per heavy atom. The molecular weight excluding hydrogens is 580 g/mol. The van der Waals surface area contributed by atoms with Crippen LogP contribution in [0.5, 0.6) is 6.01 Å². The molecule has 6 rings (SSSR count). The number of nitrogens with zero attached hydrogens (tertiary/aromatic N) is 8. The number of nitriles is 1. The number of pyridine rings is 1. The fourth-order valence-electron chi connectivity index (χ4n) is 5.79. The van der Waals surface area contributed by atoms with Gasteiger partial charge >= 0.3 is 6.01 Å².